The number of rotatable bonds is 5. The summed E-state index contributed by atoms with van der Waals surface area (Å²) in [6.45, 7) is 2.55. The molecule has 0 saturated heterocycles. The lowest BCUT2D eigenvalue weighted by atomic mass is 10.1. The summed E-state index contributed by atoms with van der Waals surface area (Å²) in [7, 11) is 0. The molecule has 0 unspecified atom stereocenters. The predicted octanol–water partition coefficient (Wildman–Crippen LogP) is 3.98. The van der Waals surface area contributed by atoms with Crippen LogP contribution in [0.5, 0.6) is 0 Å². The molecule has 118 valence electrons. The molecule has 0 spiro atoms. The van der Waals surface area contributed by atoms with Crippen LogP contribution in [-0.4, -0.2) is 12.5 Å². The highest BCUT2D eigenvalue weighted by Gasteiger charge is 2.00. The third-order valence-electron chi connectivity index (χ3n) is 3.23. The molecule has 0 aromatic heterocycles. The van der Waals surface area contributed by atoms with Gasteiger partial charge >= 0.3 is 0 Å². The van der Waals surface area contributed by atoms with Crippen molar-refractivity contribution in [2.75, 3.05) is 11.9 Å². The minimum atomic E-state index is -0.199. The molecule has 22 heavy (non-hydrogen) atoms. The average molecular weight is 413 g/mol. The van der Waals surface area contributed by atoms with Crippen LogP contribution in [0.4, 0.5) is 10.1 Å². The molecule has 0 saturated carbocycles. The maximum absolute atomic E-state index is 13.4. The zero-order chi connectivity index (χ0) is 15.1. The SMILES string of the molecule is CCc1cccc(NC(N)=NCCc2ccccc2F)c1.I. The molecular weight excluding hydrogens is 392 g/mol. The Hall–Kier alpha value is -1.63. The van der Waals surface area contributed by atoms with Crippen LogP contribution in [0.3, 0.4) is 0 Å². The van der Waals surface area contributed by atoms with Gasteiger partial charge in [-0.15, -0.1) is 24.0 Å². The Morgan fingerprint density at radius 2 is 1.95 bits per heavy atom. The van der Waals surface area contributed by atoms with E-state index in [0.717, 1.165) is 12.1 Å². The Bertz CT molecular complexity index is 629. The Morgan fingerprint density at radius 3 is 2.68 bits per heavy atom. The second-order valence-electron chi connectivity index (χ2n) is 4.79. The second kappa shape index (κ2) is 9.40. The number of anilines is 1. The molecule has 0 aliphatic heterocycles. The molecule has 0 bridgehead atoms. The minimum absolute atomic E-state index is 0. The highest BCUT2D eigenvalue weighted by atomic mass is 127. The van der Waals surface area contributed by atoms with Crippen LogP contribution < -0.4 is 11.1 Å². The van der Waals surface area contributed by atoms with Crippen molar-refractivity contribution in [3.05, 3.63) is 65.5 Å². The van der Waals surface area contributed by atoms with Crippen LogP contribution >= 0.6 is 24.0 Å². The van der Waals surface area contributed by atoms with Gasteiger partial charge < -0.3 is 11.1 Å². The summed E-state index contributed by atoms with van der Waals surface area (Å²) in [5.74, 6) is 0.148. The fourth-order valence-electron chi connectivity index (χ4n) is 2.05. The van der Waals surface area contributed by atoms with Gasteiger partial charge in [0.25, 0.3) is 0 Å². The number of nitrogens with two attached hydrogens (primary N) is 1. The van der Waals surface area contributed by atoms with Gasteiger partial charge in [-0.3, -0.25) is 4.99 Å². The van der Waals surface area contributed by atoms with E-state index >= 15 is 0 Å². The van der Waals surface area contributed by atoms with E-state index in [1.807, 2.05) is 24.3 Å². The van der Waals surface area contributed by atoms with E-state index in [-0.39, 0.29) is 29.8 Å². The van der Waals surface area contributed by atoms with E-state index in [0.29, 0.717) is 24.5 Å². The van der Waals surface area contributed by atoms with Gasteiger partial charge in [0.05, 0.1) is 0 Å². The van der Waals surface area contributed by atoms with E-state index in [1.54, 1.807) is 12.1 Å². The van der Waals surface area contributed by atoms with Crippen LogP contribution in [0.25, 0.3) is 0 Å². The number of benzene rings is 2. The maximum atomic E-state index is 13.4. The van der Waals surface area contributed by atoms with Crippen LogP contribution in [0.1, 0.15) is 18.1 Å². The summed E-state index contributed by atoms with van der Waals surface area (Å²) >= 11 is 0. The highest BCUT2D eigenvalue weighted by Crippen LogP contribution is 2.11. The monoisotopic (exact) mass is 413 g/mol. The molecule has 2 aromatic carbocycles. The maximum Gasteiger partial charge on any atom is 0.193 e. The van der Waals surface area contributed by atoms with Crippen molar-refractivity contribution < 1.29 is 4.39 Å². The van der Waals surface area contributed by atoms with Gasteiger partial charge in [0, 0.05) is 12.2 Å². The zero-order valence-electron chi connectivity index (χ0n) is 12.6. The average Bonchev–Trinajstić information content (AvgIpc) is 2.49. The van der Waals surface area contributed by atoms with Gasteiger partial charge in [-0.2, -0.15) is 0 Å². The number of guanidine groups is 1. The molecule has 0 atom stereocenters. The highest BCUT2D eigenvalue weighted by molar-refractivity contribution is 14.0. The lowest BCUT2D eigenvalue weighted by Gasteiger charge is -2.07. The second-order valence-corrected chi connectivity index (χ2v) is 4.79. The molecule has 3 nitrogen and oxygen atoms in total. The lowest BCUT2D eigenvalue weighted by Crippen LogP contribution is -2.23. The number of nitrogens with zero attached hydrogens (tertiary/aromatic N) is 1. The first-order valence-corrected chi connectivity index (χ1v) is 7.08. The Morgan fingerprint density at radius 1 is 1.18 bits per heavy atom. The first-order valence-electron chi connectivity index (χ1n) is 7.08. The summed E-state index contributed by atoms with van der Waals surface area (Å²) in [4.78, 5) is 4.23. The topological polar surface area (TPSA) is 50.4 Å². The van der Waals surface area contributed by atoms with E-state index in [2.05, 4.69) is 23.3 Å². The number of halogens is 2. The lowest BCUT2D eigenvalue weighted by molar-refractivity contribution is 0.609. The fraction of sp³-hybridized carbons (Fsp3) is 0.235. The van der Waals surface area contributed by atoms with Crippen molar-refractivity contribution in [1.29, 1.82) is 0 Å². The molecule has 2 rings (SSSR count). The zero-order valence-corrected chi connectivity index (χ0v) is 14.9. The van der Waals surface area contributed by atoms with Crippen LogP contribution in [-0.2, 0) is 12.8 Å². The normalized spacial score (nSPS) is 10.9. The van der Waals surface area contributed by atoms with Gasteiger partial charge in [0.15, 0.2) is 5.96 Å². The number of nitrogens with one attached hydrogen (secondary N) is 1. The van der Waals surface area contributed by atoms with Crippen molar-refractivity contribution in [3.8, 4) is 0 Å². The molecule has 0 aliphatic rings. The molecule has 0 aliphatic carbocycles. The first kappa shape index (κ1) is 18.4. The fourth-order valence-corrected chi connectivity index (χ4v) is 2.05. The number of aryl methyl sites for hydroxylation is 1. The smallest absolute Gasteiger partial charge is 0.193 e. The van der Waals surface area contributed by atoms with Gasteiger partial charge in [0.2, 0.25) is 0 Å². The van der Waals surface area contributed by atoms with Crippen LogP contribution in [0.2, 0.25) is 0 Å². The van der Waals surface area contributed by atoms with Gasteiger partial charge in [-0.05, 0) is 42.2 Å². The number of aliphatic imine (C=N–C) groups is 1. The first-order chi connectivity index (χ1) is 10.2. The molecule has 0 radical (unpaired) electrons. The third-order valence-corrected chi connectivity index (χ3v) is 3.23. The Balaban J connectivity index is 0.00000242. The third kappa shape index (κ3) is 5.63. The molecule has 0 fully saturated rings. The summed E-state index contributed by atoms with van der Waals surface area (Å²) in [6.07, 6.45) is 1.50. The largest absolute Gasteiger partial charge is 0.370 e. The van der Waals surface area contributed by atoms with Crippen molar-refractivity contribution in [3.63, 3.8) is 0 Å². The summed E-state index contributed by atoms with van der Waals surface area (Å²) < 4.78 is 13.4. The molecule has 2 aromatic rings. The summed E-state index contributed by atoms with van der Waals surface area (Å²) in [5, 5.41) is 3.05. The van der Waals surface area contributed by atoms with Gasteiger partial charge in [0.1, 0.15) is 5.82 Å². The molecule has 5 heteroatoms. The van der Waals surface area contributed by atoms with E-state index < -0.39 is 0 Å². The standard InChI is InChI=1S/C17H20FN3.HI/c1-2-13-6-5-8-15(12-13)21-17(19)20-11-10-14-7-3-4-9-16(14)18;/h3-9,12H,2,10-11H2,1H3,(H3,19,20,21);1H. The number of hydrogen-bond donors (Lipinski definition) is 2. The van der Waals surface area contributed by atoms with Crippen molar-refractivity contribution >= 4 is 35.6 Å². The van der Waals surface area contributed by atoms with Crippen molar-refractivity contribution in [2.45, 2.75) is 19.8 Å². The van der Waals surface area contributed by atoms with Crippen LogP contribution in [0.15, 0.2) is 53.5 Å². The molecule has 0 heterocycles. The quantitative estimate of drug-likeness (QED) is 0.443. The molecule has 0 amide bonds. The van der Waals surface area contributed by atoms with Crippen molar-refractivity contribution in [2.24, 2.45) is 10.7 Å². The van der Waals surface area contributed by atoms with E-state index in [1.165, 1.54) is 11.6 Å². The summed E-state index contributed by atoms with van der Waals surface area (Å²) in [6, 6.07) is 14.7. The Kier molecular flexibility index (Phi) is 7.87. The van der Waals surface area contributed by atoms with Gasteiger partial charge in [-0.25, -0.2) is 4.39 Å². The predicted molar refractivity (Wildman–Crippen MR) is 101 cm³/mol. The van der Waals surface area contributed by atoms with E-state index in [9.17, 15) is 4.39 Å². The minimum Gasteiger partial charge on any atom is -0.370 e. The van der Waals surface area contributed by atoms with Crippen molar-refractivity contribution in [1.82, 2.24) is 0 Å². The van der Waals surface area contributed by atoms with Crippen LogP contribution in [0, 0.1) is 5.82 Å². The molecular formula is C17H21FIN3. The number of hydrogen-bond acceptors (Lipinski definition) is 1. The van der Waals surface area contributed by atoms with E-state index in [4.69, 9.17) is 5.73 Å². The molecule has 3 N–H and O–H groups in total. The Labute approximate surface area is 147 Å². The summed E-state index contributed by atoms with van der Waals surface area (Å²) in [5.41, 5.74) is 8.65. The van der Waals surface area contributed by atoms with Gasteiger partial charge in [-0.1, -0.05) is 37.3 Å².